The highest BCUT2D eigenvalue weighted by Gasteiger charge is 2.08. The average molecular weight is 446 g/mol. The van der Waals surface area contributed by atoms with Gasteiger partial charge in [0.2, 0.25) is 0 Å². The molecule has 1 N–H and O–H groups in total. The summed E-state index contributed by atoms with van der Waals surface area (Å²) in [6, 6.07) is 16.0. The molecular formula is C21H27Cl3N2O2-2. The predicted octanol–water partition coefficient (Wildman–Crippen LogP) is -2.26. The predicted molar refractivity (Wildman–Crippen MR) is 106 cm³/mol. The van der Waals surface area contributed by atoms with E-state index in [1.807, 2.05) is 36.4 Å². The number of hydrogen-bond donors (Lipinski definition) is 1. The molecule has 0 amide bonds. The van der Waals surface area contributed by atoms with Crippen molar-refractivity contribution in [2.24, 2.45) is 0 Å². The van der Waals surface area contributed by atoms with E-state index in [4.69, 9.17) is 21.1 Å². The number of nitrogens with zero attached hydrogens (tertiary/aromatic N) is 1. The second-order valence-electron chi connectivity index (χ2n) is 6.55. The second kappa shape index (κ2) is 14.0. The van der Waals surface area contributed by atoms with Crippen molar-refractivity contribution in [1.29, 1.82) is 0 Å². The lowest BCUT2D eigenvalue weighted by Crippen LogP contribution is -3.00. The summed E-state index contributed by atoms with van der Waals surface area (Å²) >= 11 is 5.91. The number of rotatable bonds is 9. The fraction of sp³-hybridized carbons (Fsp3) is 0.429. The van der Waals surface area contributed by atoms with Crippen molar-refractivity contribution < 1.29 is 34.3 Å². The quantitative estimate of drug-likeness (QED) is 0.442. The van der Waals surface area contributed by atoms with Gasteiger partial charge in [-0.3, -0.25) is 4.90 Å². The summed E-state index contributed by atoms with van der Waals surface area (Å²) in [7, 11) is 0. The van der Waals surface area contributed by atoms with Crippen LogP contribution in [0.4, 0.5) is 0 Å². The van der Waals surface area contributed by atoms with Gasteiger partial charge in [0.25, 0.3) is 0 Å². The third-order valence-corrected chi connectivity index (χ3v) is 4.73. The Morgan fingerprint density at radius 2 is 1.75 bits per heavy atom. The number of halogens is 3. The van der Waals surface area contributed by atoms with Crippen molar-refractivity contribution in [3.05, 3.63) is 64.7 Å². The zero-order valence-electron chi connectivity index (χ0n) is 15.9. The zero-order chi connectivity index (χ0) is 18.0. The van der Waals surface area contributed by atoms with Gasteiger partial charge in [-0.1, -0.05) is 35.9 Å². The van der Waals surface area contributed by atoms with Gasteiger partial charge in [0.05, 0.1) is 13.2 Å². The highest BCUT2D eigenvalue weighted by molar-refractivity contribution is 6.30. The molecule has 0 aliphatic carbocycles. The first kappa shape index (κ1) is 25.0. The maximum Gasteiger partial charge on any atom is 0.120 e. The van der Waals surface area contributed by atoms with E-state index in [1.54, 1.807) is 0 Å². The molecule has 0 saturated carbocycles. The van der Waals surface area contributed by atoms with E-state index in [1.165, 1.54) is 5.56 Å². The van der Waals surface area contributed by atoms with Crippen molar-refractivity contribution in [2.45, 2.75) is 19.6 Å². The van der Waals surface area contributed by atoms with Gasteiger partial charge in [-0.2, -0.15) is 0 Å². The number of ether oxygens (including phenoxy) is 2. The van der Waals surface area contributed by atoms with Crippen LogP contribution in [0.5, 0.6) is 5.75 Å². The monoisotopic (exact) mass is 444 g/mol. The molecule has 156 valence electrons. The molecule has 0 unspecified atom stereocenters. The molecule has 1 heterocycles. The third kappa shape index (κ3) is 8.99. The summed E-state index contributed by atoms with van der Waals surface area (Å²) in [5.74, 6) is 0.896. The number of benzene rings is 2. The van der Waals surface area contributed by atoms with Gasteiger partial charge < -0.3 is 39.6 Å². The zero-order valence-corrected chi connectivity index (χ0v) is 18.1. The van der Waals surface area contributed by atoms with Gasteiger partial charge in [-0.05, 0) is 54.9 Å². The van der Waals surface area contributed by atoms with E-state index in [-0.39, 0.29) is 24.8 Å². The van der Waals surface area contributed by atoms with Crippen molar-refractivity contribution in [3.8, 4) is 5.75 Å². The molecule has 2 aromatic rings. The van der Waals surface area contributed by atoms with Crippen LogP contribution in [0.25, 0.3) is 0 Å². The Morgan fingerprint density at radius 1 is 1.00 bits per heavy atom. The fourth-order valence-corrected chi connectivity index (χ4v) is 3.10. The molecule has 0 aromatic heterocycles. The topological polar surface area (TPSA) is 33.7 Å². The van der Waals surface area contributed by atoms with Crippen LogP contribution in [0.15, 0.2) is 48.5 Å². The molecule has 1 saturated heterocycles. The molecule has 7 heteroatoms. The summed E-state index contributed by atoms with van der Waals surface area (Å²) in [6.45, 7) is 7.44. The van der Waals surface area contributed by atoms with Crippen molar-refractivity contribution >= 4 is 11.6 Å². The highest BCUT2D eigenvalue weighted by atomic mass is 35.5. The van der Waals surface area contributed by atoms with Gasteiger partial charge in [0, 0.05) is 24.7 Å². The molecule has 0 atom stereocenters. The van der Waals surface area contributed by atoms with E-state index in [0.717, 1.165) is 68.7 Å². The first-order valence-corrected chi connectivity index (χ1v) is 9.64. The SMILES string of the molecule is Clc1ccc(COc2cccc(CNCCCN3CCOCC3)c2)cc1.[Cl-].[Cl-]. The van der Waals surface area contributed by atoms with Crippen molar-refractivity contribution in [2.75, 3.05) is 39.4 Å². The van der Waals surface area contributed by atoms with Gasteiger partial charge >= 0.3 is 0 Å². The average Bonchev–Trinajstić information content (AvgIpc) is 2.68. The van der Waals surface area contributed by atoms with Crippen LogP contribution < -0.4 is 34.9 Å². The summed E-state index contributed by atoms with van der Waals surface area (Å²) in [4.78, 5) is 2.47. The minimum absolute atomic E-state index is 0. The Hall–Kier alpha value is -1.01. The van der Waals surface area contributed by atoms with Crippen LogP contribution in [0.2, 0.25) is 5.02 Å². The number of nitrogens with one attached hydrogen (secondary N) is 1. The van der Waals surface area contributed by atoms with E-state index in [0.29, 0.717) is 6.61 Å². The summed E-state index contributed by atoms with van der Waals surface area (Å²) < 4.78 is 11.3. The molecule has 2 aromatic carbocycles. The van der Waals surface area contributed by atoms with Crippen molar-refractivity contribution in [3.63, 3.8) is 0 Å². The van der Waals surface area contributed by atoms with Gasteiger partial charge in [0.15, 0.2) is 0 Å². The third-order valence-electron chi connectivity index (χ3n) is 4.48. The normalized spacial score (nSPS) is 14.0. The Morgan fingerprint density at radius 3 is 2.50 bits per heavy atom. The summed E-state index contributed by atoms with van der Waals surface area (Å²) in [6.07, 6.45) is 1.16. The Balaban J connectivity index is 0.00000196. The molecule has 3 rings (SSSR count). The maximum atomic E-state index is 5.91. The first-order valence-electron chi connectivity index (χ1n) is 9.26. The molecule has 4 nitrogen and oxygen atoms in total. The minimum atomic E-state index is 0. The van der Waals surface area contributed by atoms with Crippen molar-refractivity contribution in [1.82, 2.24) is 10.2 Å². The standard InChI is InChI=1S/C21H27ClN2O2.2ClH/c22-20-7-5-18(6-8-20)17-26-21-4-1-3-19(15-21)16-23-9-2-10-24-11-13-25-14-12-24;;/h1,3-8,15,23H,2,9-14,16-17H2;2*1H/p-2. The lowest BCUT2D eigenvalue weighted by Gasteiger charge is -2.26. The molecule has 1 aliphatic heterocycles. The molecule has 0 bridgehead atoms. The Kier molecular flexibility index (Phi) is 12.6. The van der Waals surface area contributed by atoms with E-state index in [2.05, 4.69) is 22.3 Å². The lowest BCUT2D eigenvalue weighted by atomic mass is 10.2. The van der Waals surface area contributed by atoms with E-state index < -0.39 is 0 Å². The molecule has 28 heavy (non-hydrogen) atoms. The van der Waals surface area contributed by atoms with Crippen LogP contribution in [0.1, 0.15) is 17.5 Å². The van der Waals surface area contributed by atoms with Crippen LogP contribution in [0.3, 0.4) is 0 Å². The molecule has 0 radical (unpaired) electrons. The van der Waals surface area contributed by atoms with Crippen LogP contribution >= 0.6 is 11.6 Å². The van der Waals surface area contributed by atoms with Crippen LogP contribution in [0, 0.1) is 0 Å². The van der Waals surface area contributed by atoms with Crippen LogP contribution in [-0.2, 0) is 17.9 Å². The summed E-state index contributed by atoms with van der Waals surface area (Å²) in [5.41, 5.74) is 2.35. The van der Waals surface area contributed by atoms with Gasteiger partial charge in [0.1, 0.15) is 12.4 Å². The maximum absolute atomic E-state index is 5.91. The molecular weight excluding hydrogens is 419 g/mol. The number of morpholine rings is 1. The van der Waals surface area contributed by atoms with Crippen LogP contribution in [-0.4, -0.2) is 44.3 Å². The Bertz CT molecular complexity index is 665. The van der Waals surface area contributed by atoms with Gasteiger partial charge in [-0.25, -0.2) is 0 Å². The van der Waals surface area contributed by atoms with Gasteiger partial charge in [-0.15, -0.1) is 0 Å². The van der Waals surface area contributed by atoms with E-state index in [9.17, 15) is 0 Å². The number of hydrogen-bond acceptors (Lipinski definition) is 4. The fourth-order valence-electron chi connectivity index (χ4n) is 2.98. The lowest BCUT2D eigenvalue weighted by molar-refractivity contribution is -0.001000. The molecule has 1 fully saturated rings. The molecule has 1 aliphatic rings. The smallest absolute Gasteiger partial charge is 0.120 e. The second-order valence-corrected chi connectivity index (χ2v) is 6.98. The largest absolute Gasteiger partial charge is 1.00 e. The minimum Gasteiger partial charge on any atom is -1.00 e. The molecule has 0 spiro atoms. The first-order chi connectivity index (χ1) is 12.8. The Labute approximate surface area is 185 Å². The summed E-state index contributed by atoms with van der Waals surface area (Å²) in [5, 5.41) is 4.27. The van der Waals surface area contributed by atoms with E-state index >= 15 is 0 Å². The highest BCUT2D eigenvalue weighted by Crippen LogP contribution is 2.16.